The lowest BCUT2D eigenvalue weighted by molar-refractivity contribution is 0.0655. The van der Waals surface area contributed by atoms with Crippen molar-refractivity contribution in [2.24, 2.45) is 0 Å². The number of carbonyl (C=O) groups excluding carboxylic acids is 1. The van der Waals surface area contributed by atoms with Gasteiger partial charge in [-0.25, -0.2) is 4.98 Å². The Morgan fingerprint density at radius 1 is 1.06 bits per heavy atom. The zero-order chi connectivity index (χ0) is 22.9. The maximum atomic E-state index is 13.3. The fraction of sp³-hybridized carbons (Fsp3) is 0.222. The molecule has 0 bridgehead atoms. The topological polar surface area (TPSA) is 73.4 Å². The molecule has 0 radical (unpaired) electrons. The quantitative estimate of drug-likeness (QED) is 0.521. The van der Waals surface area contributed by atoms with Crippen LogP contribution in [-0.4, -0.2) is 45.9 Å². The average Bonchev–Trinajstić information content (AvgIpc) is 3.23. The van der Waals surface area contributed by atoms with E-state index in [1.165, 1.54) is 5.56 Å². The maximum absolute atomic E-state index is 13.3. The number of carbonyl (C=O) groups is 1. The minimum atomic E-state index is 0.0299. The zero-order valence-corrected chi connectivity index (χ0v) is 18.7. The summed E-state index contributed by atoms with van der Waals surface area (Å²) < 4.78 is 2.00. The van der Waals surface area contributed by atoms with E-state index >= 15 is 0 Å². The van der Waals surface area contributed by atoms with Gasteiger partial charge in [-0.05, 0) is 38.1 Å². The number of hydrogen-bond donors (Lipinski definition) is 1. The Hall–Kier alpha value is -3.95. The van der Waals surface area contributed by atoms with E-state index in [1.54, 1.807) is 0 Å². The van der Waals surface area contributed by atoms with Gasteiger partial charge in [-0.1, -0.05) is 42.0 Å². The molecule has 1 atom stereocenters. The molecule has 0 spiro atoms. The van der Waals surface area contributed by atoms with Crippen LogP contribution in [0.15, 0.2) is 66.9 Å². The number of hydrogen-bond acceptors (Lipinski definition) is 4. The standard InChI is InChI=1S/C27H25N5O/c1-18-3-7-21(8-4-18)25-26(22-9-5-20(15-28)6-10-22)32-17-23(11-12-24(32)30-25)27(33)31-14-13-29-16-19(31)2/h3-12,17,19,29H,13-14,16H2,1-2H3/t19-/m1/s1. The largest absolute Gasteiger partial charge is 0.333 e. The smallest absolute Gasteiger partial charge is 0.255 e. The van der Waals surface area contributed by atoms with E-state index in [0.29, 0.717) is 17.7 Å². The number of nitriles is 1. The Kier molecular flexibility index (Phi) is 5.41. The van der Waals surface area contributed by atoms with Crippen LogP contribution in [0.1, 0.15) is 28.4 Å². The second-order valence-electron chi connectivity index (χ2n) is 8.56. The molecule has 4 aromatic rings. The van der Waals surface area contributed by atoms with Gasteiger partial charge in [0.1, 0.15) is 5.65 Å². The van der Waals surface area contributed by atoms with Crippen molar-refractivity contribution in [3.05, 3.63) is 83.6 Å². The lowest BCUT2D eigenvalue weighted by atomic mass is 10.0. The summed E-state index contributed by atoms with van der Waals surface area (Å²) >= 11 is 0. The van der Waals surface area contributed by atoms with Gasteiger partial charge in [0.05, 0.1) is 28.6 Å². The minimum Gasteiger partial charge on any atom is -0.333 e. The van der Waals surface area contributed by atoms with Crippen molar-refractivity contribution in [2.75, 3.05) is 19.6 Å². The van der Waals surface area contributed by atoms with Gasteiger partial charge in [-0.15, -0.1) is 0 Å². The molecule has 33 heavy (non-hydrogen) atoms. The fourth-order valence-electron chi connectivity index (χ4n) is 4.37. The van der Waals surface area contributed by atoms with E-state index < -0.39 is 0 Å². The Labute approximate surface area is 193 Å². The SMILES string of the molecule is Cc1ccc(-c2nc3ccc(C(=O)N4CCNC[C@H]4C)cn3c2-c2ccc(C#N)cc2)cc1. The molecule has 3 heterocycles. The first-order valence-corrected chi connectivity index (χ1v) is 11.2. The van der Waals surface area contributed by atoms with Crippen molar-refractivity contribution in [3.63, 3.8) is 0 Å². The highest BCUT2D eigenvalue weighted by atomic mass is 16.2. The molecule has 0 saturated carbocycles. The molecule has 1 amide bonds. The van der Waals surface area contributed by atoms with Gasteiger partial charge in [0.15, 0.2) is 0 Å². The summed E-state index contributed by atoms with van der Waals surface area (Å²) in [5, 5.41) is 12.6. The summed E-state index contributed by atoms with van der Waals surface area (Å²) in [5.41, 5.74) is 6.90. The van der Waals surface area contributed by atoms with Gasteiger partial charge in [-0.2, -0.15) is 5.26 Å². The van der Waals surface area contributed by atoms with E-state index in [-0.39, 0.29) is 11.9 Å². The Morgan fingerprint density at radius 2 is 1.79 bits per heavy atom. The highest BCUT2D eigenvalue weighted by Crippen LogP contribution is 2.33. The van der Waals surface area contributed by atoms with Crippen LogP contribution in [0.2, 0.25) is 0 Å². The molecule has 5 rings (SSSR count). The Balaban J connectivity index is 1.67. The van der Waals surface area contributed by atoms with Crippen LogP contribution < -0.4 is 5.32 Å². The normalized spacial score (nSPS) is 16.0. The third-order valence-electron chi connectivity index (χ3n) is 6.24. The fourth-order valence-corrected chi connectivity index (χ4v) is 4.37. The van der Waals surface area contributed by atoms with E-state index in [0.717, 1.165) is 41.3 Å². The minimum absolute atomic E-state index is 0.0299. The van der Waals surface area contributed by atoms with E-state index in [2.05, 4.69) is 49.5 Å². The van der Waals surface area contributed by atoms with Gasteiger partial charge >= 0.3 is 0 Å². The molecule has 1 aliphatic heterocycles. The second kappa shape index (κ2) is 8.53. The van der Waals surface area contributed by atoms with E-state index in [9.17, 15) is 10.1 Å². The summed E-state index contributed by atoms with van der Waals surface area (Å²) in [7, 11) is 0. The summed E-state index contributed by atoms with van der Waals surface area (Å²) in [4.78, 5) is 20.2. The summed E-state index contributed by atoms with van der Waals surface area (Å²) in [6.07, 6.45) is 1.89. The summed E-state index contributed by atoms with van der Waals surface area (Å²) in [5.74, 6) is 0.0299. The lowest BCUT2D eigenvalue weighted by Gasteiger charge is -2.34. The van der Waals surface area contributed by atoms with Crippen LogP contribution in [0, 0.1) is 18.3 Å². The van der Waals surface area contributed by atoms with Crippen molar-refractivity contribution in [1.82, 2.24) is 19.6 Å². The number of amides is 1. The van der Waals surface area contributed by atoms with Crippen LogP contribution in [-0.2, 0) is 0 Å². The van der Waals surface area contributed by atoms with Crippen LogP contribution in [0.5, 0.6) is 0 Å². The number of imidazole rings is 1. The van der Waals surface area contributed by atoms with Gasteiger partial charge in [0, 0.05) is 43.0 Å². The van der Waals surface area contributed by atoms with Crippen LogP contribution in [0.4, 0.5) is 0 Å². The first-order valence-electron chi connectivity index (χ1n) is 11.2. The molecule has 1 fully saturated rings. The van der Waals surface area contributed by atoms with Crippen LogP contribution >= 0.6 is 0 Å². The molecule has 0 unspecified atom stereocenters. The average molecular weight is 436 g/mol. The highest BCUT2D eigenvalue weighted by Gasteiger charge is 2.25. The Bertz CT molecular complexity index is 1360. The third kappa shape index (κ3) is 3.88. The van der Waals surface area contributed by atoms with Crippen LogP contribution in [0.3, 0.4) is 0 Å². The third-order valence-corrected chi connectivity index (χ3v) is 6.24. The number of aromatic nitrogens is 2. The monoisotopic (exact) mass is 435 g/mol. The number of nitrogens with one attached hydrogen (secondary N) is 1. The number of pyridine rings is 1. The van der Waals surface area contributed by atoms with Crippen molar-refractivity contribution in [1.29, 1.82) is 5.26 Å². The molecule has 164 valence electrons. The van der Waals surface area contributed by atoms with Crippen molar-refractivity contribution < 1.29 is 4.79 Å². The van der Waals surface area contributed by atoms with Crippen molar-refractivity contribution >= 4 is 11.6 Å². The molecule has 1 saturated heterocycles. The molecule has 0 aliphatic carbocycles. The predicted octanol–water partition coefficient (Wildman–Crippen LogP) is 4.28. The van der Waals surface area contributed by atoms with E-state index in [4.69, 9.17) is 4.98 Å². The molecule has 1 N–H and O–H groups in total. The van der Waals surface area contributed by atoms with Crippen molar-refractivity contribution in [2.45, 2.75) is 19.9 Å². The number of piperazine rings is 1. The summed E-state index contributed by atoms with van der Waals surface area (Å²) in [6.45, 7) is 6.42. The molecule has 2 aromatic heterocycles. The van der Waals surface area contributed by atoms with Gasteiger partial charge < -0.3 is 10.2 Å². The number of fused-ring (bicyclic) bond motifs is 1. The lowest BCUT2D eigenvalue weighted by Crippen LogP contribution is -2.52. The number of benzene rings is 2. The van der Waals surface area contributed by atoms with Gasteiger partial charge in [-0.3, -0.25) is 9.20 Å². The van der Waals surface area contributed by atoms with Gasteiger partial charge in [0.2, 0.25) is 0 Å². The molecule has 2 aromatic carbocycles. The van der Waals surface area contributed by atoms with E-state index in [1.807, 2.05) is 51.9 Å². The second-order valence-corrected chi connectivity index (χ2v) is 8.56. The molecule has 6 heteroatoms. The Morgan fingerprint density at radius 3 is 2.48 bits per heavy atom. The van der Waals surface area contributed by atoms with Crippen LogP contribution in [0.25, 0.3) is 28.2 Å². The van der Waals surface area contributed by atoms with Gasteiger partial charge in [0.25, 0.3) is 5.91 Å². The molecular formula is C27H25N5O. The number of rotatable bonds is 3. The molecular weight excluding hydrogens is 410 g/mol. The summed E-state index contributed by atoms with van der Waals surface area (Å²) in [6, 6.07) is 21.9. The molecule has 6 nitrogen and oxygen atoms in total. The maximum Gasteiger partial charge on any atom is 0.255 e. The first-order chi connectivity index (χ1) is 16.0. The highest BCUT2D eigenvalue weighted by molar-refractivity contribution is 5.95. The van der Waals surface area contributed by atoms with Crippen molar-refractivity contribution in [3.8, 4) is 28.6 Å². The zero-order valence-electron chi connectivity index (χ0n) is 18.7. The first kappa shape index (κ1) is 20.9. The predicted molar refractivity (Wildman–Crippen MR) is 129 cm³/mol. The number of nitrogens with zero attached hydrogens (tertiary/aromatic N) is 4. The molecule has 1 aliphatic rings. The number of aryl methyl sites for hydroxylation is 1.